The lowest BCUT2D eigenvalue weighted by atomic mass is 9.53. The molecule has 196 valence electrons. The topological polar surface area (TPSA) is 83.9 Å². The Morgan fingerprint density at radius 2 is 2.17 bits per heavy atom. The molecular weight excluding hydrogens is 474 g/mol. The second-order valence-corrected chi connectivity index (χ2v) is 11.7. The average Bonchev–Trinajstić information content (AvgIpc) is 3.25. The number of nitrogens with zero attached hydrogens (tertiary/aromatic N) is 2. The minimum atomic E-state index is -0.556. The summed E-state index contributed by atoms with van der Waals surface area (Å²) in [7, 11) is 5.09. The zero-order valence-electron chi connectivity index (χ0n) is 22.2. The van der Waals surface area contributed by atoms with Gasteiger partial charge in [0.1, 0.15) is 11.5 Å². The van der Waals surface area contributed by atoms with Crippen molar-refractivity contribution in [2.24, 2.45) is 23.2 Å². The predicted octanol–water partition coefficient (Wildman–Crippen LogP) is 5.24. The van der Waals surface area contributed by atoms with Gasteiger partial charge in [-0.3, -0.25) is 4.79 Å². The van der Waals surface area contributed by atoms with Crippen LogP contribution in [0.4, 0.5) is 10.8 Å². The van der Waals surface area contributed by atoms with E-state index in [1.54, 1.807) is 43.6 Å². The molecule has 2 aromatic rings. The third-order valence-corrected chi connectivity index (χ3v) is 9.37. The molecule has 0 unspecified atom stereocenters. The number of carbonyl (C=O) groups excluding carboxylic acids is 1. The Hall–Kier alpha value is -2.58. The van der Waals surface area contributed by atoms with E-state index >= 15 is 0 Å². The van der Waals surface area contributed by atoms with Crippen molar-refractivity contribution >= 4 is 28.1 Å². The summed E-state index contributed by atoms with van der Waals surface area (Å²) in [6.07, 6.45) is 3.89. The maximum atomic E-state index is 13.0. The number of aliphatic hydroxyl groups is 1. The number of hydrogen-bond acceptors (Lipinski definition) is 7. The number of hydrogen-bond donors (Lipinski definition) is 2. The van der Waals surface area contributed by atoms with Gasteiger partial charge < -0.3 is 24.8 Å². The van der Waals surface area contributed by atoms with E-state index in [1.807, 2.05) is 25.1 Å². The van der Waals surface area contributed by atoms with Crippen molar-refractivity contribution in [3.8, 4) is 11.5 Å². The fourth-order valence-corrected chi connectivity index (χ4v) is 7.72. The highest BCUT2D eigenvalue weighted by Gasteiger charge is 2.54. The first-order valence-electron chi connectivity index (χ1n) is 12.7. The molecule has 1 aromatic heterocycles. The number of benzene rings is 1. The van der Waals surface area contributed by atoms with Crippen molar-refractivity contribution in [2.75, 3.05) is 33.1 Å². The van der Waals surface area contributed by atoms with E-state index in [2.05, 4.69) is 25.7 Å². The Labute approximate surface area is 218 Å². The molecule has 1 aromatic carbocycles. The molecule has 2 N–H and O–H groups in total. The second-order valence-electron chi connectivity index (χ2n) is 10.7. The van der Waals surface area contributed by atoms with Crippen LogP contribution < -0.4 is 14.8 Å². The second kappa shape index (κ2) is 10.4. The minimum Gasteiger partial charge on any atom is -0.497 e. The molecule has 1 amide bonds. The van der Waals surface area contributed by atoms with E-state index in [0.717, 1.165) is 47.3 Å². The smallest absolute Gasteiger partial charge is 0.225 e. The van der Waals surface area contributed by atoms with Gasteiger partial charge in [0.2, 0.25) is 5.91 Å². The van der Waals surface area contributed by atoms with Gasteiger partial charge in [-0.2, -0.15) is 0 Å². The van der Waals surface area contributed by atoms with Crippen molar-refractivity contribution in [1.82, 2.24) is 9.88 Å². The van der Waals surface area contributed by atoms with Crippen LogP contribution in [0.2, 0.25) is 0 Å². The zero-order chi connectivity index (χ0) is 26.2. The third kappa shape index (κ3) is 4.73. The van der Waals surface area contributed by atoms with Crippen molar-refractivity contribution in [3.05, 3.63) is 41.4 Å². The Balaban J connectivity index is 1.59. The van der Waals surface area contributed by atoms with Gasteiger partial charge in [0.25, 0.3) is 0 Å². The molecule has 0 radical (unpaired) electrons. The molecule has 2 aliphatic rings. The molecule has 6 atom stereocenters. The first-order valence-corrected chi connectivity index (χ1v) is 13.5. The van der Waals surface area contributed by atoms with Gasteiger partial charge in [-0.15, -0.1) is 17.9 Å². The Kier molecular flexibility index (Phi) is 7.67. The number of rotatable bonds is 8. The molecule has 36 heavy (non-hydrogen) atoms. The number of aliphatic hydroxyl groups excluding tert-OH is 1. The van der Waals surface area contributed by atoms with E-state index in [1.165, 1.54) is 4.88 Å². The van der Waals surface area contributed by atoms with Crippen LogP contribution in [0.5, 0.6) is 11.5 Å². The monoisotopic (exact) mass is 513 g/mol. The summed E-state index contributed by atoms with van der Waals surface area (Å²) in [6.45, 7) is 10.7. The summed E-state index contributed by atoms with van der Waals surface area (Å²) in [5.41, 5.74) is 1.82. The van der Waals surface area contributed by atoms with E-state index in [4.69, 9.17) is 14.5 Å². The molecule has 8 heteroatoms. The number of carbonyl (C=O) groups is 1. The first kappa shape index (κ1) is 26.5. The van der Waals surface area contributed by atoms with Crippen molar-refractivity contribution in [2.45, 2.75) is 52.1 Å². The summed E-state index contributed by atoms with van der Waals surface area (Å²) in [4.78, 5) is 21.0. The van der Waals surface area contributed by atoms with Gasteiger partial charge in [0, 0.05) is 36.4 Å². The average molecular weight is 514 g/mol. The Morgan fingerprint density at radius 3 is 2.83 bits per heavy atom. The van der Waals surface area contributed by atoms with Crippen LogP contribution in [0.1, 0.15) is 50.1 Å². The van der Waals surface area contributed by atoms with Gasteiger partial charge in [0.15, 0.2) is 5.13 Å². The molecule has 4 rings (SSSR count). The quantitative estimate of drug-likeness (QED) is 0.470. The Bertz CT molecular complexity index is 1120. The van der Waals surface area contributed by atoms with Crippen LogP contribution in [0.25, 0.3) is 0 Å². The van der Waals surface area contributed by atoms with Crippen molar-refractivity contribution in [3.63, 3.8) is 0 Å². The van der Waals surface area contributed by atoms with Crippen LogP contribution >= 0.6 is 11.3 Å². The highest BCUT2D eigenvalue weighted by Crippen LogP contribution is 2.57. The normalized spacial score (nSPS) is 27.9. The van der Waals surface area contributed by atoms with E-state index < -0.39 is 6.10 Å². The lowest BCUT2D eigenvalue weighted by molar-refractivity contribution is -0.143. The van der Waals surface area contributed by atoms with E-state index in [0.29, 0.717) is 6.54 Å². The van der Waals surface area contributed by atoms with Crippen LogP contribution in [-0.4, -0.2) is 54.8 Å². The van der Waals surface area contributed by atoms with Gasteiger partial charge in [-0.1, -0.05) is 26.8 Å². The molecule has 1 fully saturated rings. The summed E-state index contributed by atoms with van der Waals surface area (Å²) >= 11 is 1.67. The SMILES string of the molecule is C=CCN(C)C(=O)[C@@H](C)[C@H]1CC[C@]2(C)Cc3sc(Nc4cc(OC)ccc4OC)nc3[C@H](C)[C@@H]2[C@H]1O. The van der Waals surface area contributed by atoms with E-state index in [-0.39, 0.29) is 35.0 Å². The van der Waals surface area contributed by atoms with Crippen LogP contribution in [0.15, 0.2) is 30.9 Å². The standard InChI is InChI=1S/C28H39N3O4S/c1-8-13-31(5)26(33)16(2)19-11-12-28(4)15-22-24(17(3)23(28)25(19)32)30-27(36-22)29-20-14-18(34-6)9-10-21(20)35-7/h8-10,14,16-17,19,23,25,32H,1,11-13,15H2,2-7H3,(H,29,30)/t16-,17+,19+,23+,25-,28+/m0/s1. The fourth-order valence-electron chi connectivity index (χ4n) is 6.44. The predicted molar refractivity (Wildman–Crippen MR) is 144 cm³/mol. The molecule has 7 nitrogen and oxygen atoms in total. The zero-order valence-corrected chi connectivity index (χ0v) is 23.0. The van der Waals surface area contributed by atoms with Gasteiger partial charge in [-0.25, -0.2) is 4.98 Å². The number of fused-ring (bicyclic) bond motifs is 2. The number of aromatic nitrogens is 1. The number of methoxy groups -OCH3 is 2. The number of amides is 1. The van der Waals surface area contributed by atoms with Crippen molar-refractivity contribution < 1.29 is 19.4 Å². The number of likely N-dealkylation sites (N-methyl/N-ethyl adjacent to an activating group) is 1. The lowest BCUT2D eigenvalue weighted by Gasteiger charge is -2.53. The van der Waals surface area contributed by atoms with Crippen LogP contribution in [0, 0.1) is 23.2 Å². The molecule has 1 heterocycles. The number of ether oxygens (including phenoxy) is 2. The third-order valence-electron chi connectivity index (χ3n) is 8.38. The summed E-state index contributed by atoms with van der Waals surface area (Å²) in [5.74, 6) is 1.35. The maximum Gasteiger partial charge on any atom is 0.225 e. The molecule has 1 saturated carbocycles. The number of thiazole rings is 1. The van der Waals surface area contributed by atoms with Crippen LogP contribution in [-0.2, 0) is 11.2 Å². The van der Waals surface area contributed by atoms with Gasteiger partial charge >= 0.3 is 0 Å². The highest BCUT2D eigenvalue weighted by atomic mass is 32.1. The Morgan fingerprint density at radius 1 is 1.42 bits per heavy atom. The number of nitrogens with one attached hydrogen (secondary N) is 1. The minimum absolute atomic E-state index is 0.0322. The molecule has 0 spiro atoms. The highest BCUT2D eigenvalue weighted by molar-refractivity contribution is 7.15. The summed E-state index contributed by atoms with van der Waals surface area (Å²) < 4.78 is 10.9. The summed E-state index contributed by atoms with van der Waals surface area (Å²) in [6, 6.07) is 5.64. The molecule has 0 bridgehead atoms. The first-order chi connectivity index (χ1) is 17.1. The van der Waals surface area contributed by atoms with E-state index in [9.17, 15) is 9.90 Å². The number of anilines is 2. The molecule has 0 saturated heterocycles. The largest absolute Gasteiger partial charge is 0.497 e. The summed E-state index contributed by atoms with van der Waals surface area (Å²) in [5, 5.41) is 15.9. The van der Waals surface area contributed by atoms with Crippen LogP contribution in [0.3, 0.4) is 0 Å². The lowest BCUT2D eigenvalue weighted by Crippen LogP contribution is -2.53. The van der Waals surface area contributed by atoms with Gasteiger partial charge in [0.05, 0.1) is 31.7 Å². The van der Waals surface area contributed by atoms with Gasteiger partial charge in [-0.05, 0) is 48.6 Å². The van der Waals surface area contributed by atoms with Crippen molar-refractivity contribution in [1.29, 1.82) is 0 Å². The molecule has 2 aliphatic carbocycles. The molecule has 0 aliphatic heterocycles. The maximum absolute atomic E-state index is 13.0. The fraction of sp³-hybridized carbons (Fsp3) is 0.571. The molecular formula is C28H39N3O4S.